The predicted molar refractivity (Wildman–Crippen MR) is 93.4 cm³/mol. The second-order valence-corrected chi connectivity index (χ2v) is 13.5. The van der Waals surface area contributed by atoms with Gasteiger partial charge in [0.25, 0.3) is 0 Å². The van der Waals surface area contributed by atoms with Gasteiger partial charge in [-0.15, -0.1) is 31.8 Å². The average molecular weight is 1220 g/mol. The molecule has 1 fully saturated rings. The van der Waals surface area contributed by atoms with Crippen LogP contribution < -0.4 is 58.7 Å². The largest absolute Gasteiger partial charge is 0.687 e. The van der Waals surface area contributed by atoms with Crippen LogP contribution in [0.25, 0.3) is 0 Å². The molecule has 0 aromatic carbocycles. The molecule has 0 N–H and O–H groups in total. The summed E-state index contributed by atoms with van der Waals surface area (Å²) in [6.45, 7) is -1.58. The second kappa shape index (κ2) is 22.5. The number of hydrogen-bond donors (Lipinski definition) is 0. The van der Waals surface area contributed by atoms with Gasteiger partial charge in [0.05, 0.1) is 25.1 Å². The molecule has 0 aliphatic carbocycles. The van der Waals surface area contributed by atoms with Gasteiger partial charge in [-0.2, -0.15) is 0 Å². The van der Waals surface area contributed by atoms with Crippen molar-refractivity contribution in [1.82, 2.24) is 19.6 Å². The maximum absolute atomic E-state index is 11.2. The Bertz CT molecular complexity index is 462. The van der Waals surface area contributed by atoms with Gasteiger partial charge in [0.1, 0.15) is 0 Å². The van der Waals surface area contributed by atoms with Crippen LogP contribution in [0.15, 0.2) is 0 Å². The summed E-state index contributed by atoms with van der Waals surface area (Å²) in [5.74, 6) is 0. The Labute approximate surface area is 329 Å². The van der Waals surface area contributed by atoms with Crippen molar-refractivity contribution in [2.75, 3.05) is 77.5 Å². The number of hydrogen-bond acceptors (Lipinski definition) is 16. The minimum absolute atomic E-state index is 0. The molecule has 0 bridgehead atoms. The van der Waals surface area contributed by atoms with Crippen molar-refractivity contribution in [3.63, 3.8) is 0 Å². The van der Waals surface area contributed by atoms with Crippen LogP contribution in [0.1, 0.15) is 0 Å². The molecule has 0 spiro atoms. The van der Waals surface area contributed by atoms with Crippen molar-refractivity contribution in [2.45, 2.75) is 0 Å². The van der Waals surface area contributed by atoms with Crippen molar-refractivity contribution in [3.8, 4) is 0 Å². The zero-order valence-electron chi connectivity index (χ0n) is 18.1. The molecule has 1 saturated heterocycles. The van der Waals surface area contributed by atoms with Crippen LogP contribution >= 0.6 is 31.8 Å². The van der Waals surface area contributed by atoms with Crippen LogP contribution in [0.5, 0.6) is 0 Å². The zero-order valence-corrected chi connectivity index (χ0v) is 28.8. The van der Waals surface area contributed by atoms with Crippen LogP contribution in [0, 0.1) is 147 Å². The van der Waals surface area contributed by atoms with Crippen molar-refractivity contribution >= 4 is 31.8 Å². The summed E-state index contributed by atoms with van der Waals surface area (Å²) in [6, 6.07) is 0. The van der Waals surface area contributed by atoms with Crippen molar-refractivity contribution in [3.05, 3.63) is 0 Å². The summed E-state index contributed by atoms with van der Waals surface area (Å²) < 4.78 is 0. The van der Waals surface area contributed by atoms with Crippen molar-refractivity contribution in [1.29, 1.82) is 0 Å². The van der Waals surface area contributed by atoms with E-state index in [0.29, 0.717) is 0 Å². The van der Waals surface area contributed by atoms with E-state index >= 15 is 0 Å². The Hall–Kier alpha value is 6.02. The Morgan fingerprint density at radius 1 is 0.306 bits per heavy atom. The Balaban J connectivity index is -0.00000128. The van der Waals surface area contributed by atoms with Crippen LogP contribution in [0.2, 0.25) is 0 Å². The monoisotopic (exact) mass is 1220 g/mol. The van der Waals surface area contributed by atoms with E-state index in [1.54, 1.807) is 0 Å². The van der Waals surface area contributed by atoms with E-state index in [9.17, 15) is 58.7 Å². The molecule has 0 unspecified atom stereocenters. The molecular weight excluding hydrogens is 1190 g/mol. The SMILES string of the molecule is [O-][P+]([O-])([O-])CN1CCN(C[P+]([O-])([O-])[O-])CCN(C[P+]([O-])([O-])[O-])CCN(C[P+]([O-])([O-])[O-])CC1.[Tm].[Tm].[Tm].[Tm]. The minimum atomic E-state index is -5.04. The molecule has 36 heavy (non-hydrogen) atoms. The van der Waals surface area contributed by atoms with Gasteiger partial charge in [0.2, 0.25) is 0 Å². The first-order valence-electron chi connectivity index (χ1n) is 9.25. The van der Waals surface area contributed by atoms with Gasteiger partial charge >= 0.3 is 0 Å². The summed E-state index contributed by atoms with van der Waals surface area (Å²) in [4.78, 5) is 139. The third-order valence-corrected chi connectivity index (χ3v) is 7.41. The topological polar surface area (TPSA) is 290 Å². The normalized spacial score (nSPS) is 19.0. The number of rotatable bonds is 8. The van der Waals surface area contributed by atoms with Crippen LogP contribution in [0.3, 0.4) is 0 Å². The maximum atomic E-state index is 11.2. The fourth-order valence-corrected chi connectivity index (χ4v) is 6.22. The molecule has 1 rings (SSSR count). The average Bonchev–Trinajstić information content (AvgIpc) is 2.52. The summed E-state index contributed by atoms with van der Waals surface area (Å²) in [7, 11) is -20.2. The molecular formula is C12H24N4O12P4Tm4-8. The van der Waals surface area contributed by atoms with E-state index < -0.39 is 56.9 Å². The van der Waals surface area contributed by atoms with Gasteiger partial charge < -0.3 is 58.7 Å². The molecule has 0 aromatic heterocycles. The van der Waals surface area contributed by atoms with Gasteiger partial charge in [-0.3, -0.25) is 19.6 Å². The van der Waals surface area contributed by atoms with Crippen LogP contribution in [0.4, 0.5) is 0 Å². The third kappa shape index (κ3) is 28.8. The quantitative estimate of drug-likeness (QED) is 0.204. The summed E-state index contributed by atoms with van der Waals surface area (Å²) >= 11 is 0. The Kier molecular flexibility index (Phi) is 30.6. The van der Waals surface area contributed by atoms with Gasteiger partial charge in [-0.25, -0.2) is 0 Å². The van der Waals surface area contributed by atoms with Gasteiger partial charge in [0, 0.05) is 200 Å². The molecule has 1 aliphatic heterocycles. The summed E-state index contributed by atoms with van der Waals surface area (Å²) in [6.07, 6.45) is -3.80. The first kappa shape index (κ1) is 48.9. The molecule has 4 radical (unpaired) electrons. The molecule has 16 nitrogen and oxygen atoms in total. The number of nitrogens with zero attached hydrogens (tertiary/aromatic N) is 4. The molecule has 244 valence electrons. The van der Waals surface area contributed by atoms with E-state index in [1.165, 1.54) is 0 Å². The van der Waals surface area contributed by atoms with Crippen LogP contribution in [-0.2, 0) is 0 Å². The van der Waals surface area contributed by atoms with E-state index in [-0.39, 0.29) is 200 Å². The Morgan fingerprint density at radius 3 is 0.500 bits per heavy atom. The first-order chi connectivity index (χ1) is 14.3. The van der Waals surface area contributed by atoms with Gasteiger partial charge in [-0.1, -0.05) is 0 Å². The standard InChI is InChI=1S/C12H32N4O12P4.4Tm/c17-29(18,19)9-13-1-2-14(10-30(20,21)22)5-6-16(12-32(26,27)28)8-7-15(4-3-13)11-31(23,24)25;;;;/h1-12H2,(H2,17,18,19)(H2,20,21,22)(H2,23,24,25)(H2,26,27,28);;;;/p-8. The van der Waals surface area contributed by atoms with E-state index in [0.717, 1.165) is 19.6 Å². The summed E-state index contributed by atoms with van der Waals surface area (Å²) in [5, 5.41) is 0. The van der Waals surface area contributed by atoms with Gasteiger partial charge in [-0.05, 0) is 0 Å². The third-order valence-electron chi connectivity index (χ3n) is 4.42. The molecule has 1 aliphatic rings. The first-order valence-corrected chi connectivity index (χ1v) is 16.2. The molecule has 0 amide bonds. The van der Waals surface area contributed by atoms with Gasteiger partial charge in [0.15, 0.2) is 0 Å². The maximum Gasteiger partial charge on any atom is 0.0943 e. The fraction of sp³-hybridized carbons (Fsp3) is 1.00. The fourth-order valence-electron chi connectivity index (χ4n) is 3.12. The molecule has 0 saturated carbocycles. The van der Waals surface area contributed by atoms with E-state index in [2.05, 4.69) is 0 Å². The second-order valence-electron chi connectivity index (χ2n) is 7.48. The zero-order chi connectivity index (χ0) is 24.8. The molecule has 0 aromatic rings. The van der Waals surface area contributed by atoms with Crippen LogP contribution in [-0.4, -0.2) is 97.1 Å². The minimum Gasteiger partial charge on any atom is -0.687 e. The predicted octanol–water partition coefficient (Wildman–Crippen LogP) is -11.6. The molecule has 24 heteroatoms. The molecule has 1 heterocycles. The Morgan fingerprint density at radius 2 is 0.417 bits per heavy atom. The smallest absolute Gasteiger partial charge is 0.0943 e. The van der Waals surface area contributed by atoms with E-state index in [4.69, 9.17) is 0 Å². The molecule has 0 atom stereocenters. The van der Waals surface area contributed by atoms with Crippen molar-refractivity contribution < 1.29 is 206 Å². The van der Waals surface area contributed by atoms with Crippen molar-refractivity contribution in [2.24, 2.45) is 0 Å². The summed E-state index contributed by atoms with van der Waals surface area (Å²) in [5.41, 5.74) is 0. The van der Waals surface area contributed by atoms with E-state index in [1.807, 2.05) is 0 Å².